The lowest BCUT2D eigenvalue weighted by Gasteiger charge is -2.32. The molecule has 1 fully saturated rings. The van der Waals surface area contributed by atoms with E-state index >= 15 is 0 Å². The van der Waals surface area contributed by atoms with Gasteiger partial charge in [-0.05, 0) is 62.3 Å². The number of ether oxygens (including phenoxy) is 2. The van der Waals surface area contributed by atoms with Gasteiger partial charge in [0.2, 0.25) is 0 Å². The predicted molar refractivity (Wildman–Crippen MR) is 133 cm³/mol. The summed E-state index contributed by atoms with van der Waals surface area (Å²) >= 11 is 1.22. The van der Waals surface area contributed by atoms with Crippen molar-refractivity contribution < 1.29 is 22.7 Å². The summed E-state index contributed by atoms with van der Waals surface area (Å²) in [5.74, 6) is 0.187. The van der Waals surface area contributed by atoms with Crippen molar-refractivity contribution in [3.8, 4) is 5.75 Å². The van der Waals surface area contributed by atoms with Crippen LogP contribution >= 0.6 is 11.3 Å². The summed E-state index contributed by atoms with van der Waals surface area (Å²) in [5, 5.41) is 0.252. The van der Waals surface area contributed by atoms with Crippen molar-refractivity contribution in [1.82, 2.24) is 9.29 Å². The van der Waals surface area contributed by atoms with Crippen LogP contribution in [-0.2, 0) is 26.2 Å². The SMILES string of the molecule is COc1ccc2nc(NS(=O)(=O)N3CCCCC3C(=O)OCCCCc3ccccc3)sc2c1. The molecule has 1 atom stereocenters. The Morgan fingerprint density at radius 2 is 2.00 bits per heavy atom. The monoisotopic (exact) mass is 503 g/mol. The van der Waals surface area contributed by atoms with Crippen LogP contribution in [0.3, 0.4) is 0 Å². The third kappa shape index (κ3) is 6.05. The van der Waals surface area contributed by atoms with Gasteiger partial charge < -0.3 is 9.47 Å². The molecule has 8 nitrogen and oxygen atoms in total. The quantitative estimate of drug-likeness (QED) is 0.326. The second-order valence-corrected chi connectivity index (χ2v) is 10.8. The lowest BCUT2D eigenvalue weighted by molar-refractivity contribution is -0.149. The summed E-state index contributed by atoms with van der Waals surface area (Å²) in [6.45, 7) is 0.547. The van der Waals surface area contributed by atoms with Gasteiger partial charge in [0.25, 0.3) is 0 Å². The highest BCUT2D eigenvalue weighted by Crippen LogP contribution is 2.31. The van der Waals surface area contributed by atoms with E-state index in [1.165, 1.54) is 21.2 Å². The van der Waals surface area contributed by atoms with Gasteiger partial charge in [-0.25, -0.2) is 9.71 Å². The molecule has 4 rings (SSSR count). The first kappa shape index (κ1) is 24.4. The molecule has 0 amide bonds. The number of aromatic nitrogens is 1. The van der Waals surface area contributed by atoms with E-state index in [2.05, 4.69) is 21.8 Å². The number of aryl methyl sites for hydroxylation is 1. The second-order valence-electron chi connectivity index (χ2n) is 8.19. The zero-order valence-electron chi connectivity index (χ0n) is 19.1. The minimum Gasteiger partial charge on any atom is -0.497 e. The normalized spacial score (nSPS) is 16.9. The number of methoxy groups -OCH3 is 1. The summed E-state index contributed by atoms with van der Waals surface area (Å²) in [5.41, 5.74) is 1.92. The van der Waals surface area contributed by atoms with Crippen LogP contribution in [0.4, 0.5) is 5.13 Å². The molecule has 1 unspecified atom stereocenters. The molecule has 3 aromatic rings. The van der Waals surface area contributed by atoms with Crippen LogP contribution in [0.15, 0.2) is 48.5 Å². The summed E-state index contributed by atoms with van der Waals surface area (Å²) in [7, 11) is -2.39. The Bertz CT molecular complexity index is 1210. The van der Waals surface area contributed by atoms with Gasteiger partial charge in [-0.3, -0.25) is 4.79 Å². The van der Waals surface area contributed by atoms with E-state index < -0.39 is 22.2 Å². The molecule has 0 bridgehead atoms. The van der Waals surface area contributed by atoms with Crippen molar-refractivity contribution in [1.29, 1.82) is 0 Å². The molecule has 10 heteroatoms. The molecule has 34 heavy (non-hydrogen) atoms. The van der Waals surface area contributed by atoms with Gasteiger partial charge in [0.1, 0.15) is 11.8 Å². The number of nitrogens with one attached hydrogen (secondary N) is 1. The molecule has 2 heterocycles. The van der Waals surface area contributed by atoms with Crippen molar-refractivity contribution in [2.24, 2.45) is 0 Å². The number of piperidine rings is 1. The van der Waals surface area contributed by atoms with E-state index in [4.69, 9.17) is 9.47 Å². The largest absolute Gasteiger partial charge is 0.497 e. The first-order valence-corrected chi connectivity index (χ1v) is 13.7. The van der Waals surface area contributed by atoms with Crippen molar-refractivity contribution in [3.05, 3.63) is 54.1 Å². The number of unbranched alkanes of at least 4 members (excludes halogenated alkanes) is 1. The van der Waals surface area contributed by atoms with E-state index in [-0.39, 0.29) is 18.3 Å². The van der Waals surface area contributed by atoms with E-state index in [0.29, 0.717) is 24.1 Å². The Kier molecular flexibility index (Phi) is 8.02. The predicted octanol–water partition coefficient (Wildman–Crippen LogP) is 4.38. The van der Waals surface area contributed by atoms with Gasteiger partial charge in [-0.1, -0.05) is 41.7 Å². The molecule has 0 radical (unpaired) electrons. The summed E-state index contributed by atoms with van der Waals surface area (Å²) in [6, 6.07) is 14.7. The van der Waals surface area contributed by atoms with E-state index in [9.17, 15) is 13.2 Å². The molecule has 2 aromatic carbocycles. The number of carbonyl (C=O) groups excluding carboxylic acids is 1. The lowest BCUT2D eigenvalue weighted by Crippen LogP contribution is -2.50. The molecule has 1 saturated heterocycles. The highest BCUT2D eigenvalue weighted by molar-refractivity contribution is 7.90. The third-order valence-corrected chi connectivity index (χ3v) is 8.36. The maximum atomic E-state index is 13.2. The molecule has 182 valence electrons. The van der Waals surface area contributed by atoms with Crippen LogP contribution in [0, 0.1) is 0 Å². The summed E-state index contributed by atoms with van der Waals surface area (Å²) in [6.07, 6.45) is 4.46. The number of nitrogens with zero attached hydrogens (tertiary/aromatic N) is 2. The molecule has 1 N–H and O–H groups in total. The molecule has 0 aliphatic carbocycles. The molecule has 0 spiro atoms. The van der Waals surface area contributed by atoms with Crippen LogP contribution in [0.1, 0.15) is 37.7 Å². The van der Waals surface area contributed by atoms with Gasteiger partial charge in [0.05, 0.1) is 23.9 Å². The van der Waals surface area contributed by atoms with Crippen molar-refractivity contribution in [2.45, 2.75) is 44.6 Å². The number of anilines is 1. The number of carbonyl (C=O) groups is 1. The number of esters is 1. The summed E-state index contributed by atoms with van der Waals surface area (Å²) < 4.78 is 41.6. The maximum Gasteiger partial charge on any atom is 0.324 e. The number of hydrogen-bond acceptors (Lipinski definition) is 7. The van der Waals surface area contributed by atoms with E-state index in [1.807, 2.05) is 24.3 Å². The van der Waals surface area contributed by atoms with Gasteiger partial charge >= 0.3 is 16.2 Å². The number of fused-ring (bicyclic) bond motifs is 1. The van der Waals surface area contributed by atoms with Crippen molar-refractivity contribution in [2.75, 3.05) is 25.0 Å². The lowest BCUT2D eigenvalue weighted by atomic mass is 10.1. The summed E-state index contributed by atoms with van der Waals surface area (Å²) in [4.78, 5) is 17.1. The fourth-order valence-electron chi connectivity index (χ4n) is 4.02. The van der Waals surface area contributed by atoms with Crippen molar-refractivity contribution >= 4 is 42.9 Å². The van der Waals surface area contributed by atoms with Crippen LogP contribution in [-0.4, -0.2) is 50.0 Å². The number of benzene rings is 2. The van der Waals surface area contributed by atoms with Gasteiger partial charge in [0.15, 0.2) is 5.13 Å². The first-order valence-electron chi connectivity index (χ1n) is 11.4. The van der Waals surface area contributed by atoms with Gasteiger partial charge in [-0.2, -0.15) is 12.7 Å². The van der Waals surface area contributed by atoms with E-state index in [0.717, 1.165) is 30.4 Å². The number of rotatable bonds is 10. The highest BCUT2D eigenvalue weighted by atomic mass is 32.2. The van der Waals surface area contributed by atoms with Crippen LogP contribution in [0.2, 0.25) is 0 Å². The second kappa shape index (κ2) is 11.2. The molecule has 1 aromatic heterocycles. The molecule has 1 aliphatic heterocycles. The Hall–Kier alpha value is -2.69. The Labute approximate surface area is 204 Å². The topological polar surface area (TPSA) is 97.8 Å². The molecule has 0 saturated carbocycles. The minimum absolute atomic E-state index is 0.252. The van der Waals surface area contributed by atoms with Gasteiger partial charge in [0, 0.05) is 6.54 Å². The van der Waals surface area contributed by atoms with Crippen LogP contribution < -0.4 is 9.46 Å². The van der Waals surface area contributed by atoms with Crippen molar-refractivity contribution in [3.63, 3.8) is 0 Å². The molecular formula is C24H29N3O5S2. The highest BCUT2D eigenvalue weighted by Gasteiger charge is 2.38. The molecular weight excluding hydrogens is 474 g/mol. The molecule has 1 aliphatic rings. The fourth-order valence-corrected chi connectivity index (χ4v) is 6.53. The zero-order valence-corrected chi connectivity index (χ0v) is 20.7. The first-order chi connectivity index (χ1) is 16.5. The van der Waals surface area contributed by atoms with Crippen LogP contribution in [0.25, 0.3) is 10.2 Å². The van der Waals surface area contributed by atoms with Gasteiger partial charge in [-0.15, -0.1) is 0 Å². The number of thiazole rings is 1. The Balaban J connectivity index is 1.35. The zero-order chi connectivity index (χ0) is 24.0. The Morgan fingerprint density at radius 3 is 2.79 bits per heavy atom. The fraction of sp³-hybridized carbons (Fsp3) is 0.417. The minimum atomic E-state index is -3.97. The third-order valence-electron chi connectivity index (χ3n) is 5.79. The average Bonchev–Trinajstić information content (AvgIpc) is 3.25. The van der Waals surface area contributed by atoms with Crippen LogP contribution in [0.5, 0.6) is 5.75 Å². The standard InChI is InChI=1S/C24H29N3O5S2/c1-31-19-13-14-20-22(17-19)33-24(25-20)26-34(29,30)27-15-7-5-12-21(27)23(28)32-16-8-6-11-18-9-3-2-4-10-18/h2-4,9-10,13-14,17,21H,5-8,11-12,15-16H2,1H3,(H,25,26). The van der Waals surface area contributed by atoms with E-state index in [1.54, 1.807) is 19.2 Å². The number of hydrogen-bond donors (Lipinski definition) is 1. The maximum absolute atomic E-state index is 13.2. The average molecular weight is 504 g/mol. The smallest absolute Gasteiger partial charge is 0.324 e. The Morgan fingerprint density at radius 1 is 1.18 bits per heavy atom.